The van der Waals surface area contributed by atoms with Gasteiger partial charge in [-0.3, -0.25) is 0 Å². The van der Waals surface area contributed by atoms with E-state index in [4.69, 9.17) is 8.92 Å². The summed E-state index contributed by atoms with van der Waals surface area (Å²) < 4.78 is 37.2. The number of ether oxygens (including phenoxy) is 1. The first-order valence-corrected chi connectivity index (χ1v) is 9.97. The minimum Gasteiger partial charge on any atom is -0.457 e. The fourth-order valence-electron chi connectivity index (χ4n) is 2.42. The summed E-state index contributed by atoms with van der Waals surface area (Å²) >= 11 is 0. The molecule has 0 atom stereocenters. The Morgan fingerprint density at radius 1 is 0.793 bits per heavy atom. The number of benzene rings is 3. The van der Waals surface area contributed by atoms with E-state index >= 15 is 0 Å². The van der Waals surface area contributed by atoms with Crippen molar-refractivity contribution in [1.29, 1.82) is 0 Å². The molecule has 3 aromatic rings. The van der Waals surface area contributed by atoms with Crippen LogP contribution in [0.25, 0.3) is 0 Å². The van der Waals surface area contributed by atoms with Gasteiger partial charge in [-0.25, -0.2) is 4.79 Å². The summed E-state index contributed by atoms with van der Waals surface area (Å²) in [4.78, 5) is 12.4. The minimum absolute atomic E-state index is 0. The molecule has 0 saturated heterocycles. The fraction of sp³-hybridized carbons (Fsp3) is 0.0952. The van der Waals surface area contributed by atoms with Gasteiger partial charge in [0.15, 0.2) is 5.75 Å². The molecule has 0 aliphatic heterocycles. The standard InChI is InChI=1S/C21H19NO5S.Na/c23-21(26-16-18-11-5-2-6-12-18)19-13-7-8-14-20(19)27-28(24,25)22-15-17-9-3-1-4-10-17;/h1-14,22H,15-16H2;. The molecular weight excluding hydrogens is 401 g/mol. The second kappa shape index (κ2) is 11.1. The molecule has 0 spiro atoms. The summed E-state index contributed by atoms with van der Waals surface area (Å²) in [6, 6.07) is 24.3. The predicted molar refractivity (Wildman–Crippen MR) is 111 cm³/mol. The second-order valence-electron chi connectivity index (χ2n) is 5.90. The zero-order valence-corrected chi connectivity index (χ0v) is 18.8. The molecule has 0 fully saturated rings. The Morgan fingerprint density at radius 3 is 2.00 bits per heavy atom. The largest absolute Gasteiger partial charge is 0.457 e. The Morgan fingerprint density at radius 2 is 1.34 bits per heavy atom. The van der Waals surface area contributed by atoms with Gasteiger partial charge in [-0.05, 0) is 23.3 Å². The predicted octanol–water partition coefficient (Wildman–Crippen LogP) is 3.08. The molecule has 0 saturated carbocycles. The number of carbonyl (C=O) groups excluding carboxylic acids is 1. The van der Waals surface area contributed by atoms with Crippen LogP contribution in [0.15, 0.2) is 84.9 Å². The van der Waals surface area contributed by atoms with Crippen LogP contribution in [-0.4, -0.2) is 43.9 Å². The third-order valence-corrected chi connectivity index (χ3v) is 4.71. The van der Waals surface area contributed by atoms with Crippen molar-refractivity contribution >= 4 is 45.8 Å². The van der Waals surface area contributed by atoms with Gasteiger partial charge in [0, 0.05) is 36.1 Å². The van der Waals surface area contributed by atoms with Crippen molar-refractivity contribution in [3.05, 3.63) is 102 Å². The molecule has 0 bridgehead atoms. The maximum Gasteiger partial charge on any atom is 0.382 e. The Bertz CT molecular complexity index is 1030. The van der Waals surface area contributed by atoms with Crippen LogP contribution < -0.4 is 8.91 Å². The Balaban J connectivity index is 0.00000300. The van der Waals surface area contributed by atoms with Crippen LogP contribution in [0.1, 0.15) is 21.5 Å². The van der Waals surface area contributed by atoms with Crippen LogP contribution in [0.4, 0.5) is 0 Å². The van der Waals surface area contributed by atoms with Gasteiger partial charge < -0.3 is 8.92 Å². The normalized spacial score (nSPS) is 10.6. The third-order valence-electron chi connectivity index (χ3n) is 3.82. The third kappa shape index (κ3) is 7.30. The van der Waals surface area contributed by atoms with E-state index in [1.165, 1.54) is 12.1 Å². The number of carbonyl (C=O) groups is 1. The molecule has 3 aromatic carbocycles. The first kappa shape index (κ1) is 23.1. The van der Waals surface area contributed by atoms with Crippen molar-refractivity contribution in [3.8, 4) is 5.75 Å². The average molecular weight is 420 g/mol. The van der Waals surface area contributed by atoms with E-state index in [-0.39, 0.29) is 54.0 Å². The van der Waals surface area contributed by atoms with Crippen molar-refractivity contribution in [2.45, 2.75) is 13.2 Å². The molecule has 1 radical (unpaired) electrons. The maximum absolute atomic E-state index is 12.4. The maximum atomic E-state index is 12.4. The molecule has 29 heavy (non-hydrogen) atoms. The van der Waals surface area contributed by atoms with Gasteiger partial charge in [-0.15, -0.1) is 0 Å². The average Bonchev–Trinajstić information content (AvgIpc) is 2.72. The number of rotatable bonds is 8. The second-order valence-corrected chi connectivity index (χ2v) is 7.27. The van der Waals surface area contributed by atoms with E-state index in [1.54, 1.807) is 24.3 Å². The molecule has 6 nitrogen and oxygen atoms in total. The van der Waals surface area contributed by atoms with Crippen LogP contribution in [0, 0.1) is 0 Å². The monoisotopic (exact) mass is 420 g/mol. The van der Waals surface area contributed by atoms with Gasteiger partial charge in [-0.1, -0.05) is 72.8 Å². The van der Waals surface area contributed by atoms with E-state index < -0.39 is 16.3 Å². The minimum atomic E-state index is -4.11. The van der Waals surface area contributed by atoms with Gasteiger partial charge >= 0.3 is 16.3 Å². The fourth-order valence-corrected chi connectivity index (χ4v) is 3.21. The molecule has 0 aromatic heterocycles. The molecular formula is C21H19NNaO5S. The van der Waals surface area contributed by atoms with Crippen molar-refractivity contribution in [2.75, 3.05) is 0 Å². The molecule has 0 unspecified atom stereocenters. The summed E-state index contributed by atoms with van der Waals surface area (Å²) in [7, 11) is -4.11. The Kier molecular flexibility index (Phi) is 8.88. The molecule has 0 aliphatic rings. The van der Waals surface area contributed by atoms with Crippen LogP contribution in [0.5, 0.6) is 5.75 Å². The smallest absolute Gasteiger partial charge is 0.382 e. The quantitative estimate of drug-likeness (QED) is 0.447. The number of esters is 1. The van der Waals surface area contributed by atoms with Crippen LogP contribution in [-0.2, 0) is 28.2 Å². The topological polar surface area (TPSA) is 81.7 Å². The van der Waals surface area contributed by atoms with E-state index in [2.05, 4.69) is 4.72 Å². The Labute approximate surface area is 192 Å². The van der Waals surface area contributed by atoms with Gasteiger partial charge in [0.05, 0.1) is 0 Å². The van der Waals surface area contributed by atoms with E-state index in [1.807, 2.05) is 48.5 Å². The summed E-state index contributed by atoms with van der Waals surface area (Å²) in [5.74, 6) is -0.765. The molecule has 0 aliphatic carbocycles. The SMILES string of the molecule is O=C(OCc1ccccc1)c1ccccc1OS(=O)(=O)NCc1ccccc1.[Na]. The van der Waals surface area contributed by atoms with Crippen molar-refractivity contribution in [3.63, 3.8) is 0 Å². The van der Waals surface area contributed by atoms with Crippen LogP contribution in [0.3, 0.4) is 0 Å². The first-order valence-electron chi connectivity index (χ1n) is 8.56. The molecule has 145 valence electrons. The van der Waals surface area contributed by atoms with Gasteiger partial charge in [0.1, 0.15) is 12.2 Å². The molecule has 3 rings (SSSR count). The molecule has 8 heteroatoms. The zero-order chi connectivity index (χ0) is 19.8. The van der Waals surface area contributed by atoms with Crippen LogP contribution in [0.2, 0.25) is 0 Å². The zero-order valence-electron chi connectivity index (χ0n) is 15.9. The van der Waals surface area contributed by atoms with Crippen molar-refractivity contribution < 1.29 is 22.1 Å². The molecule has 1 N–H and O–H groups in total. The van der Waals surface area contributed by atoms with Crippen LogP contribution >= 0.6 is 0 Å². The van der Waals surface area contributed by atoms with Gasteiger partial charge in [-0.2, -0.15) is 13.1 Å². The van der Waals surface area contributed by atoms with E-state index in [9.17, 15) is 13.2 Å². The molecule has 0 heterocycles. The summed E-state index contributed by atoms with van der Waals surface area (Å²) in [5.41, 5.74) is 1.64. The number of hydrogen-bond acceptors (Lipinski definition) is 5. The van der Waals surface area contributed by atoms with Gasteiger partial charge in [0.2, 0.25) is 0 Å². The number of para-hydroxylation sites is 1. The summed E-state index contributed by atoms with van der Waals surface area (Å²) in [5, 5.41) is 0. The van der Waals surface area contributed by atoms with E-state index in [0.29, 0.717) is 0 Å². The molecule has 0 amide bonds. The van der Waals surface area contributed by atoms with Gasteiger partial charge in [0.25, 0.3) is 0 Å². The summed E-state index contributed by atoms with van der Waals surface area (Å²) in [6.07, 6.45) is 0. The van der Waals surface area contributed by atoms with E-state index in [0.717, 1.165) is 11.1 Å². The van der Waals surface area contributed by atoms with Crippen molar-refractivity contribution in [1.82, 2.24) is 4.72 Å². The number of nitrogens with one attached hydrogen (secondary N) is 1. The number of hydrogen-bond donors (Lipinski definition) is 1. The first-order chi connectivity index (χ1) is 13.5. The summed E-state index contributed by atoms with van der Waals surface area (Å²) in [6.45, 7) is 0.150. The Hall–Kier alpha value is -2.16. The van der Waals surface area contributed by atoms with Crippen molar-refractivity contribution in [2.24, 2.45) is 0 Å².